The predicted octanol–water partition coefficient (Wildman–Crippen LogP) is 5.82. The second-order valence-corrected chi connectivity index (χ2v) is 23.5. The van der Waals surface area contributed by atoms with Crippen LogP contribution in [-0.4, -0.2) is 52.0 Å². The largest absolute Gasteiger partial charge is 0.534 e. The third-order valence-electron chi connectivity index (χ3n) is 10.1. The molecule has 2 aliphatic rings. The zero-order valence-corrected chi connectivity index (χ0v) is 31.6. The van der Waals surface area contributed by atoms with E-state index in [4.69, 9.17) is 18.6 Å². The number of hydrogen-bond acceptors (Lipinski definition) is 6. The number of esters is 1. The molecule has 8 heteroatoms. The number of carbonyl (C=O) groups excluding carboxylic acids is 1. The Bertz CT molecular complexity index is 1700. The van der Waals surface area contributed by atoms with Crippen LogP contribution < -0.4 is 20.7 Å². The van der Waals surface area contributed by atoms with Crippen LogP contribution in [0, 0.1) is 0 Å². The first-order valence-electron chi connectivity index (χ1n) is 17.1. The molecule has 0 amide bonds. The zero-order chi connectivity index (χ0) is 35.1. The Balaban J connectivity index is 1.57. The van der Waals surface area contributed by atoms with Gasteiger partial charge in [-0.2, -0.15) is 0 Å². The third kappa shape index (κ3) is 6.37. The molecule has 0 aromatic heterocycles. The summed E-state index contributed by atoms with van der Waals surface area (Å²) in [6, 6.07) is 40.5. The first-order chi connectivity index (χ1) is 23.2. The van der Waals surface area contributed by atoms with E-state index in [1.165, 1.54) is 0 Å². The average Bonchev–Trinajstić information content (AvgIpc) is 3.60. The standard InChI is InChI=1S/C41H48O6Si2/c1-39(2,3)49(32-24-16-10-17-25-32,33-26-18-11-19-27-33)47-36-34(38(42)45-37(36)35-29-44-41(6,7)46-35)28-40(4,5)48(43,30-20-12-8-13-21-30)31-22-14-9-15-23-31/h8-27,35,37,43H,28-29H2,1-7H3/t35-,37+/m0/s1. The first-order valence-corrected chi connectivity index (χ1v) is 20.9. The van der Waals surface area contributed by atoms with Crippen molar-refractivity contribution in [2.75, 3.05) is 6.61 Å². The highest BCUT2D eigenvalue weighted by Crippen LogP contribution is 2.47. The monoisotopic (exact) mass is 692 g/mol. The SMILES string of the molecule is CC1(C)OC[C@@H]([C@H]2OC(=O)C(CC(C)(C)[Si](O)(c3ccccc3)c3ccccc3)=C2O[Si](c2ccccc2)(c2ccccc2)C(C)(C)C)O1. The van der Waals surface area contributed by atoms with E-state index < -0.39 is 45.6 Å². The molecule has 1 N–H and O–H groups in total. The fourth-order valence-electron chi connectivity index (χ4n) is 7.59. The molecular formula is C41H48O6Si2. The van der Waals surface area contributed by atoms with Crippen molar-refractivity contribution in [3.63, 3.8) is 0 Å². The van der Waals surface area contributed by atoms with Crippen LogP contribution in [0.2, 0.25) is 10.1 Å². The highest BCUT2D eigenvalue weighted by Gasteiger charge is 2.58. The highest BCUT2D eigenvalue weighted by molar-refractivity contribution is 7.00. The second-order valence-electron chi connectivity index (χ2n) is 15.3. The average molecular weight is 693 g/mol. The summed E-state index contributed by atoms with van der Waals surface area (Å²) < 4.78 is 26.3. The molecule has 0 saturated carbocycles. The summed E-state index contributed by atoms with van der Waals surface area (Å²) in [4.78, 5) is 27.4. The van der Waals surface area contributed by atoms with Crippen molar-refractivity contribution in [1.82, 2.24) is 0 Å². The summed E-state index contributed by atoms with van der Waals surface area (Å²) >= 11 is 0. The summed E-state index contributed by atoms with van der Waals surface area (Å²) in [5.74, 6) is -0.803. The maximum Gasteiger partial charge on any atom is 0.338 e. The molecule has 1 saturated heterocycles. The van der Waals surface area contributed by atoms with Gasteiger partial charge in [0.25, 0.3) is 8.32 Å². The Labute approximate surface area is 293 Å². The summed E-state index contributed by atoms with van der Waals surface area (Å²) in [5.41, 5.74) is 0.439. The Morgan fingerprint density at radius 2 is 1.16 bits per heavy atom. The van der Waals surface area contributed by atoms with E-state index in [-0.39, 0.29) is 18.1 Å². The number of rotatable bonds is 10. The minimum Gasteiger partial charge on any atom is -0.534 e. The van der Waals surface area contributed by atoms with Crippen molar-refractivity contribution in [1.29, 1.82) is 0 Å². The smallest absolute Gasteiger partial charge is 0.338 e. The molecule has 0 unspecified atom stereocenters. The van der Waals surface area contributed by atoms with Gasteiger partial charge in [-0.3, -0.25) is 0 Å². The van der Waals surface area contributed by atoms with Gasteiger partial charge >= 0.3 is 14.3 Å². The van der Waals surface area contributed by atoms with E-state index in [1.807, 2.05) is 111 Å². The molecule has 1 fully saturated rings. The third-order valence-corrected chi connectivity index (χ3v) is 19.5. The van der Waals surface area contributed by atoms with E-state index in [1.54, 1.807) is 0 Å². The predicted molar refractivity (Wildman–Crippen MR) is 199 cm³/mol. The lowest BCUT2D eigenvalue weighted by Gasteiger charge is -2.44. The molecular weight excluding hydrogens is 645 g/mol. The molecule has 256 valence electrons. The van der Waals surface area contributed by atoms with Gasteiger partial charge in [0.15, 0.2) is 11.9 Å². The number of cyclic esters (lactones) is 1. The molecule has 6 rings (SSSR count). The van der Waals surface area contributed by atoms with Gasteiger partial charge in [-0.1, -0.05) is 156 Å². The van der Waals surface area contributed by atoms with Crippen molar-refractivity contribution in [2.24, 2.45) is 0 Å². The summed E-state index contributed by atoms with van der Waals surface area (Å²) in [7, 11) is -6.70. The summed E-state index contributed by atoms with van der Waals surface area (Å²) in [5, 5.41) is 2.78. The van der Waals surface area contributed by atoms with E-state index in [2.05, 4.69) is 58.9 Å². The van der Waals surface area contributed by atoms with E-state index >= 15 is 0 Å². The molecule has 0 aliphatic carbocycles. The lowest BCUT2D eigenvalue weighted by Crippen LogP contribution is -2.67. The van der Waals surface area contributed by atoms with Crippen molar-refractivity contribution in [3.8, 4) is 0 Å². The Kier molecular flexibility index (Phi) is 9.41. The van der Waals surface area contributed by atoms with Crippen molar-refractivity contribution < 1.29 is 28.2 Å². The van der Waals surface area contributed by atoms with Crippen LogP contribution in [0.25, 0.3) is 0 Å². The summed E-state index contributed by atoms with van der Waals surface area (Å²) in [6.45, 7) is 14.7. The Hall–Kier alpha value is -3.80. The molecule has 49 heavy (non-hydrogen) atoms. The molecule has 0 radical (unpaired) electrons. The molecule has 6 nitrogen and oxygen atoms in total. The van der Waals surface area contributed by atoms with Gasteiger partial charge < -0.3 is 23.4 Å². The Morgan fingerprint density at radius 1 is 0.735 bits per heavy atom. The van der Waals surface area contributed by atoms with Gasteiger partial charge in [-0.25, -0.2) is 4.79 Å². The van der Waals surface area contributed by atoms with E-state index in [0.29, 0.717) is 11.3 Å². The van der Waals surface area contributed by atoms with Gasteiger partial charge in [-0.15, -0.1) is 0 Å². The lowest BCUT2D eigenvalue weighted by molar-refractivity contribution is -0.162. The topological polar surface area (TPSA) is 74.2 Å². The lowest BCUT2D eigenvalue weighted by atomic mass is 10.00. The summed E-state index contributed by atoms with van der Waals surface area (Å²) in [6.07, 6.45) is -1.14. The second kappa shape index (κ2) is 13.2. The van der Waals surface area contributed by atoms with E-state index in [0.717, 1.165) is 20.7 Å². The highest BCUT2D eigenvalue weighted by atomic mass is 28.4. The van der Waals surface area contributed by atoms with Crippen molar-refractivity contribution in [2.45, 2.75) is 83.0 Å². The van der Waals surface area contributed by atoms with Crippen LogP contribution in [0.5, 0.6) is 0 Å². The fourth-order valence-corrected chi connectivity index (χ4v) is 15.8. The maximum absolute atomic E-state index is 14.3. The maximum atomic E-state index is 14.3. The van der Waals surface area contributed by atoms with Crippen molar-refractivity contribution >= 4 is 43.4 Å². The minimum atomic E-state index is -3.50. The van der Waals surface area contributed by atoms with E-state index in [9.17, 15) is 9.59 Å². The fraction of sp³-hybridized carbons (Fsp3) is 0.341. The molecule has 2 heterocycles. The molecule has 0 spiro atoms. The van der Waals surface area contributed by atoms with Crippen molar-refractivity contribution in [3.05, 3.63) is 133 Å². The molecule has 0 bridgehead atoms. The van der Waals surface area contributed by atoms with Crippen LogP contribution >= 0.6 is 0 Å². The van der Waals surface area contributed by atoms with Crippen LogP contribution in [0.3, 0.4) is 0 Å². The van der Waals surface area contributed by atoms with Crippen LogP contribution in [0.15, 0.2) is 133 Å². The number of hydrogen-bond donors (Lipinski definition) is 1. The molecule has 2 atom stereocenters. The Morgan fingerprint density at radius 3 is 1.55 bits per heavy atom. The van der Waals surface area contributed by atoms with Gasteiger partial charge in [-0.05, 0) is 51.1 Å². The number of benzene rings is 4. The zero-order valence-electron chi connectivity index (χ0n) is 29.6. The number of carbonyl (C=O) groups is 1. The normalized spacial score (nSPS) is 20.0. The van der Waals surface area contributed by atoms with Gasteiger partial charge in [0, 0.05) is 0 Å². The van der Waals surface area contributed by atoms with Gasteiger partial charge in [0.05, 0.1) is 12.2 Å². The van der Waals surface area contributed by atoms with Crippen LogP contribution in [0.1, 0.15) is 54.9 Å². The minimum absolute atomic E-state index is 0.235. The van der Waals surface area contributed by atoms with Crippen LogP contribution in [-0.2, 0) is 23.4 Å². The van der Waals surface area contributed by atoms with Crippen LogP contribution in [0.4, 0.5) is 0 Å². The van der Waals surface area contributed by atoms with Gasteiger partial charge in [0.2, 0.25) is 0 Å². The van der Waals surface area contributed by atoms with Gasteiger partial charge in [0.1, 0.15) is 11.9 Å². The molecule has 2 aliphatic heterocycles. The molecule has 4 aromatic rings. The number of ether oxygens (including phenoxy) is 3. The molecule has 4 aromatic carbocycles. The quantitative estimate of drug-likeness (QED) is 0.167. The first kappa shape index (κ1) is 35.0.